The van der Waals surface area contributed by atoms with Crippen LogP contribution in [0.4, 0.5) is 0 Å². The minimum atomic E-state index is -0.587. The Bertz CT molecular complexity index is 993. The van der Waals surface area contributed by atoms with Crippen molar-refractivity contribution in [2.45, 2.75) is 5.92 Å². The van der Waals surface area contributed by atoms with Crippen molar-refractivity contribution < 1.29 is 9.59 Å². The van der Waals surface area contributed by atoms with E-state index in [1.165, 1.54) is 0 Å². The molecule has 3 aromatic rings. The molecular formula is C22H19N3O2. The Morgan fingerprint density at radius 2 is 1.59 bits per heavy atom. The van der Waals surface area contributed by atoms with E-state index in [1.54, 1.807) is 24.3 Å². The Balaban J connectivity index is 1.82. The molecule has 3 rings (SSSR count). The summed E-state index contributed by atoms with van der Waals surface area (Å²) in [6.07, 6.45) is 0. The van der Waals surface area contributed by atoms with Crippen LogP contribution in [-0.4, -0.2) is 24.9 Å². The number of hydrogen-bond acceptors (Lipinski definition) is 3. The number of carbonyl (C=O) groups excluding carboxylic acids is 2. The lowest BCUT2D eigenvalue weighted by Gasteiger charge is -2.18. The Morgan fingerprint density at radius 1 is 0.889 bits per heavy atom. The third-order valence-electron chi connectivity index (χ3n) is 4.34. The Hall–Kier alpha value is -3.65. The van der Waals surface area contributed by atoms with Gasteiger partial charge < -0.3 is 10.6 Å². The minimum Gasteiger partial charge on any atom is -0.351 e. The van der Waals surface area contributed by atoms with Crippen LogP contribution in [0.2, 0.25) is 0 Å². The van der Waals surface area contributed by atoms with E-state index >= 15 is 0 Å². The lowest BCUT2D eigenvalue weighted by Crippen LogP contribution is -2.37. The van der Waals surface area contributed by atoms with Gasteiger partial charge >= 0.3 is 0 Å². The minimum absolute atomic E-state index is 0.0739. The van der Waals surface area contributed by atoms with Crippen LogP contribution in [-0.2, 0) is 4.79 Å². The zero-order valence-electron chi connectivity index (χ0n) is 14.7. The molecule has 0 radical (unpaired) electrons. The third kappa shape index (κ3) is 4.50. The van der Waals surface area contributed by atoms with Gasteiger partial charge in [0.2, 0.25) is 5.91 Å². The molecule has 0 heterocycles. The monoisotopic (exact) mass is 357 g/mol. The molecule has 2 amide bonds. The molecule has 0 spiro atoms. The first-order valence-corrected chi connectivity index (χ1v) is 8.65. The molecule has 1 unspecified atom stereocenters. The van der Waals surface area contributed by atoms with Crippen molar-refractivity contribution in [1.29, 1.82) is 5.26 Å². The van der Waals surface area contributed by atoms with E-state index in [0.717, 1.165) is 16.3 Å². The van der Waals surface area contributed by atoms with E-state index in [1.807, 2.05) is 54.6 Å². The van der Waals surface area contributed by atoms with Crippen LogP contribution in [0.5, 0.6) is 0 Å². The highest BCUT2D eigenvalue weighted by Gasteiger charge is 2.22. The van der Waals surface area contributed by atoms with Crippen molar-refractivity contribution >= 4 is 22.6 Å². The van der Waals surface area contributed by atoms with Crippen molar-refractivity contribution in [2.75, 3.05) is 13.1 Å². The number of fused-ring (bicyclic) bond motifs is 1. The molecule has 0 aliphatic rings. The van der Waals surface area contributed by atoms with Gasteiger partial charge in [-0.15, -0.1) is 0 Å². The standard InChI is InChI=1S/C22H19N3O2/c23-12-13-24-22(27)20(15-25-21(26)17-7-2-1-3-8-17)19-11-10-16-6-4-5-9-18(16)14-19/h1-11,14,20H,13,15H2,(H,24,27)(H,25,26). The summed E-state index contributed by atoms with van der Waals surface area (Å²) in [5.74, 6) is -1.12. The van der Waals surface area contributed by atoms with E-state index in [-0.39, 0.29) is 24.9 Å². The summed E-state index contributed by atoms with van der Waals surface area (Å²) < 4.78 is 0. The average molecular weight is 357 g/mol. The summed E-state index contributed by atoms with van der Waals surface area (Å²) in [6.45, 7) is 0.0683. The van der Waals surface area contributed by atoms with Gasteiger partial charge in [-0.3, -0.25) is 9.59 Å². The van der Waals surface area contributed by atoms with Crippen molar-refractivity contribution in [3.05, 3.63) is 83.9 Å². The molecule has 0 aromatic heterocycles. The number of nitrogens with zero attached hydrogens (tertiary/aromatic N) is 1. The second kappa shape index (κ2) is 8.63. The van der Waals surface area contributed by atoms with Crippen molar-refractivity contribution in [2.24, 2.45) is 0 Å². The zero-order valence-corrected chi connectivity index (χ0v) is 14.7. The smallest absolute Gasteiger partial charge is 0.251 e. The van der Waals surface area contributed by atoms with Gasteiger partial charge in [-0.05, 0) is 28.5 Å². The fourth-order valence-corrected chi connectivity index (χ4v) is 2.92. The van der Waals surface area contributed by atoms with Crippen LogP contribution in [0, 0.1) is 11.3 Å². The molecule has 5 nitrogen and oxygen atoms in total. The number of hydrogen-bond donors (Lipinski definition) is 2. The number of nitriles is 1. The van der Waals surface area contributed by atoms with E-state index in [0.29, 0.717) is 5.56 Å². The van der Waals surface area contributed by atoms with Crippen LogP contribution in [0.3, 0.4) is 0 Å². The maximum atomic E-state index is 12.6. The average Bonchev–Trinajstić information content (AvgIpc) is 2.72. The molecule has 0 aliphatic carbocycles. The summed E-state index contributed by atoms with van der Waals surface area (Å²) in [6, 6.07) is 24.4. The van der Waals surface area contributed by atoms with Gasteiger partial charge in [-0.1, -0.05) is 60.7 Å². The second-order valence-electron chi connectivity index (χ2n) is 6.11. The van der Waals surface area contributed by atoms with Gasteiger partial charge in [0.15, 0.2) is 0 Å². The first-order valence-electron chi connectivity index (χ1n) is 8.65. The molecule has 2 N–H and O–H groups in total. The fraction of sp³-hybridized carbons (Fsp3) is 0.136. The lowest BCUT2D eigenvalue weighted by molar-refractivity contribution is -0.122. The van der Waals surface area contributed by atoms with Crippen LogP contribution in [0.15, 0.2) is 72.8 Å². The predicted octanol–water partition coefficient (Wildman–Crippen LogP) is 2.99. The zero-order chi connectivity index (χ0) is 19.1. The van der Waals surface area contributed by atoms with Crippen LogP contribution < -0.4 is 10.6 Å². The summed E-state index contributed by atoms with van der Waals surface area (Å²) >= 11 is 0. The van der Waals surface area contributed by atoms with Gasteiger partial charge in [0, 0.05) is 12.1 Å². The lowest BCUT2D eigenvalue weighted by atomic mass is 9.95. The normalized spacial score (nSPS) is 11.4. The molecular weight excluding hydrogens is 338 g/mol. The van der Waals surface area contributed by atoms with Crippen LogP contribution >= 0.6 is 0 Å². The van der Waals surface area contributed by atoms with E-state index in [9.17, 15) is 9.59 Å². The SMILES string of the molecule is N#CCNC(=O)C(CNC(=O)c1ccccc1)c1ccc2ccccc2c1. The van der Waals surface area contributed by atoms with Crippen molar-refractivity contribution in [3.8, 4) is 6.07 Å². The first kappa shape index (κ1) is 18.2. The predicted molar refractivity (Wildman–Crippen MR) is 104 cm³/mol. The molecule has 134 valence electrons. The van der Waals surface area contributed by atoms with Crippen molar-refractivity contribution in [1.82, 2.24) is 10.6 Å². The summed E-state index contributed by atoms with van der Waals surface area (Å²) in [4.78, 5) is 24.9. The Morgan fingerprint density at radius 3 is 2.33 bits per heavy atom. The maximum absolute atomic E-state index is 12.6. The van der Waals surface area contributed by atoms with Gasteiger partial charge in [-0.2, -0.15) is 5.26 Å². The molecule has 1 atom stereocenters. The highest BCUT2D eigenvalue weighted by atomic mass is 16.2. The molecule has 3 aromatic carbocycles. The number of benzene rings is 3. The van der Waals surface area contributed by atoms with Crippen LogP contribution in [0.25, 0.3) is 10.8 Å². The fourth-order valence-electron chi connectivity index (χ4n) is 2.92. The maximum Gasteiger partial charge on any atom is 0.251 e. The highest BCUT2D eigenvalue weighted by molar-refractivity contribution is 5.95. The molecule has 0 saturated carbocycles. The topological polar surface area (TPSA) is 82.0 Å². The van der Waals surface area contributed by atoms with Gasteiger partial charge in [-0.25, -0.2) is 0 Å². The second-order valence-corrected chi connectivity index (χ2v) is 6.11. The van der Waals surface area contributed by atoms with Crippen LogP contribution in [0.1, 0.15) is 21.8 Å². The Labute approximate surface area is 157 Å². The number of amides is 2. The number of rotatable bonds is 6. The molecule has 0 bridgehead atoms. The highest BCUT2D eigenvalue weighted by Crippen LogP contribution is 2.22. The first-order chi connectivity index (χ1) is 13.2. The molecule has 27 heavy (non-hydrogen) atoms. The van der Waals surface area contributed by atoms with Gasteiger partial charge in [0.1, 0.15) is 6.54 Å². The van der Waals surface area contributed by atoms with Crippen molar-refractivity contribution in [3.63, 3.8) is 0 Å². The van der Waals surface area contributed by atoms with E-state index in [2.05, 4.69) is 10.6 Å². The summed E-state index contributed by atoms with van der Waals surface area (Å²) in [5.41, 5.74) is 1.32. The molecule has 5 heteroatoms. The van der Waals surface area contributed by atoms with Gasteiger partial charge in [0.25, 0.3) is 5.91 Å². The summed E-state index contributed by atoms with van der Waals surface area (Å²) in [5, 5.41) is 16.2. The quantitative estimate of drug-likeness (QED) is 0.666. The molecule has 0 aliphatic heterocycles. The third-order valence-corrected chi connectivity index (χ3v) is 4.34. The van der Waals surface area contributed by atoms with E-state index < -0.39 is 5.92 Å². The summed E-state index contributed by atoms with van der Waals surface area (Å²) in [7, 11) is 0. The van der Waals surface area contributed by atoms with E-state index in [4.69, 9.17) is 5.26 Å². The molecule has 0 saturated heterocycles. The number of nitrogens with one attached hydrogen (secondary N) is 2. The Kier molecular flexibility index (Phi) is 5.80. The largest absolute Gasteiger partial charge is 0.351 e. The number of carbonyl (C=O) groups is 2. The van der Waals surface area contributed by atoms with Gasteiger partial charge in [0.05, 0.1) is 12.0 Å². The molecule has 0 fully saturated rings.